The first-order valence-corrected chi connectivity index (χ1v) is 13.1. The van der Waals surface area contributed by atoms with Gasteiger partial charge in [0.05, 0.1) is 18.3 Å². The molecule has 0 atom stereocenters. The van der Waals surface area contributed by atoms with Gasteiger partial charge < -0.3 is 0 Å². The lowest BCUT2D eigenvalue weighted by Crippen LogP contribution is -2.61. The van der Waals surface area contributed by atoms with Crippen molar-refractivity contribution in [3.63, 3.8) is 0 Å². The Labute approximate surface area is 199 Å². The zero-order chi connectivity index (χ0) is 22.9. The molecule has 0 saturated carbocycles. The molecular weight excluding hydrogens is 465 g/mol. The summed E-state index contributed by atoms with van der Waals surface area (Å²) in [5.74, 6) is 0.478. The SMILES string of the molecule is CCc1cccc(N(C2CN(C(c3ccc(Cl)cc3)c3ccc(Cl)cc3)C2)S(C)(=O)=O)n1. The molecule has 0 bridgehead atoms. The molecule has 0 radical (unpaired) electrons. The van der Waals surface area contributed by atoms with Gasteiger partial charge in [-0.15, -0.1) is 0 Å². The molecule has 1 aliphatic heterocycles. The van der Waals surface area contributed by atoms with Crippen molar-refractivity contribution in [3.05, 3.63) is 93.6 Å². The van der Waals surface area contributed by atoms with E-state index < -0.39 is 10.0 Å². The minimum absolute atomic E-state index is 0.0304. The molecule has 4 rings (SSSR count). The van der Waals surface area contributed by atoms with Gasteiger partial charge in [0.1, 0.15) is 5.82 Å². The molecule has 0 amide bonds. The van der Waals surface area contributed by atoms with Gasteiger partial charge in [-0.3, -0.25) is 4.90 Å². The van der Waals surface area contributed by atoms with E-state index in [1.165, 1.54) is 10.6 Å². The van der Waals surface area contributed by atoms with Crippen LogP contribution in [0.5, 0.6) is 0 Å². The molecule has 3 aromatic rings. The van der Waals surface area contributed by atoms with Crippen molar-refractivity contribution < 1.29 is 8.42 Å². The largest absolute Gasteiger partial charge is 0.288 e. The Morgan fingerprint density at radius 3 is 1.97 bits per heavy atom. The minimum Gasteiger partial charge on any atom is -0.288 e. The summed E-state index contributed by atoms with van der Waals surface area (Å²) in [5, 5.41) is 1.35. The molecule has 1 aliphatic rings. The van der Waals surface area contributed by atoms with Crippen LogP contribution >= 0.6 is 23.2 Å². The zero-order valence-electron chi connectivity index (χ0n) is 17.9. The summed E-state index contributed by atoms with van der Waals surface area (Å²) in [5.41, 5.74) is 3.05. The molecule has 1 fully saturated rings. The van der Waals surface area contributed by atoms with Crippen LogP contribution in [0.3, 0.4) is 0 Å². The Kier molecular flexibility index (Phi) is 6.77. The normalized spacial score (nSPS) is 15.0. The Balaban J connectivity index is 1.63. The predicted octanol–water partition coefficient (Wildman–Crippen LogP) is 5.19. The maximum Gasteiger partial charge on any atom is 0.233 e. The van der Waals surface area contributed by atoms with Crippen molar-refractivity contribution in [1.29, 1.82) is 0 Å². The minimum atomic E-state index is -3.48. The fourth-order valence-corrected chi connectivity index (χ4v) is 5.53. The maximum atomic E-state index is 12.7. The maximum absolute atomic E-state index is 12.7. The van der Waals surface area contributed by atoms with Gasteiger partial charge in [-0.1, -0.05) is 60.5 Å². The highest BCUT2D eigenvalue weighted by Gasteiger charge is 2.41. The Morgan fingerprint density at radius 1 is 0.969 bits per heavy atom. The summed E-state index contributed by atoms with van der Waals surface area (Å²) in [6.45, 7) is 3.17. The Bertz CT molecular complexity index is 1130. The third-order valence-corrected chi connectivity index (χ3v) is 7.40. The van der Waals surface area contributed by atoms with E-state index in [-0.39, 0.29) is 12.1 Å². The number of anilines is 1. The molecule has 1 saturated heterocycles. The first-order chi connectivity index (χ1) is 15.3. The van der Waals surface area contributed by atoms with E-state index in [1.54, 1.807) is 6.07 Å². The van der Waals surface area contributed by atoms with Crippen LogP contribution in [-0.2, 0) is 16.4 Å². The summed E-state index contributed by atoms with van der Waals surface area (Å²) >= 11 is 12.2. The molecule has 168 valence electrons. The number of nitrogens with zero attached hydrogens (tertiary/aromatic N) is 3. The lowest BCUT2D eigenvalue weighted by atomic mass is 9.93. The molecule has 0 aliphatic carbocycles. The molecule has 0 spiro atoms. The van der Waals surface area contributed by atoms with Crippen molar-refractivity contribution in [2.45, 2.75) is 25.4 Å². The van der Waals surface area contributed by atoms with Crippen LogP contribution in [0.25, 0.3) is 0 Å². The first kappa shape index (κ1) is 23.1. The van der Waals surface area contributed by atoms with Crippen LogP contribution < -0.4 is 4.31 Å². The third kappa shape index (κ3) is 4.94. The number of likely N-dealkylation sites (tertiary alicyclic amines) is 1. The van der Waals surface area contributed by atoms with Gasteiger partial charge in [-0.25, -0.2) is 17.7 Å². The second kappa shape index (κ2) is 9.40. The zero-order valence-corrected chi connectivity index (χ0v) is 20.3. The van der Waals surface area contributed by atoms with Crippen molar-refractivity contribution >= 4 is 39.0 Å². The highest BCUT2D eigenvalue weighted by Crippen LogP contribution is 2.36. The third-order valence-electron chi connectivity index (χ3n) is 5.70. The van der Waals surface area contributed by atoms with E-state index in [4.69, 9.17) is 23.2 Å². The van der Waals surface area contributed by atoms with E-state index in [1.807, 2.05) is 67.6 Å². The van der Waals surface area contributed by atoms with Crippen LogP contribution in [0.4, 0.5) is 5.82 Å². The summed E-state index contributed by atoms with van der Waals surface area (Å²) in [7, 11) is -3.48. The van der Waals surface area contributed by atoms with Gasteiger partial charge in [-0.2, -0.15) is 0 Å². The fraction of sp³-hybridized carbons (Fsp3) is 0.292. The van der Waals surface area contributed by atoms with Crippen LogP contribution in [0.2, 0.25) is 10.0 Å². The predicted molar refractivity (Wildman–Crippen MR) is 131 cm³/mol. The summed E-state index contributed by atoms with van der Waals surface area (Å²) in [6.07, 6.45) is 1.99. The molecule has 8 heteroatoms. The number of hydrogen-bond donors (Lipinski definition) is 0. The van der Waals surface area contributed by atoms with E-state index in [9.17, 15) is 8.42 Å². The van der Waals surface area contributed by atoms with E-state index in [2.05, 4.69) is 9.88 Å². The molecule has 0 N–H and O–H groups in total. The average molecular weight is 490 g/mol. The van der Waals surface area contributed by atoms with Gasteiger partial charge >= 0.3 is 0 Å². The molecule has 1 aromatic heterocycles. The highest BCUT2D eigenvalue weighted by molar-refractivity contribution is 7.92. The van der Waals surface area contributed by atoms with Crippen LogP contribution in [-0.4, -0.2) is 43.7 Å². The van der Waals surface area contributed by atoms with E-state index in [0.29, 0.717) is 29.0 Å². The molecular formula is C24H25Cl2N3O2S. The molecule has 5 nitrogen and oxygen atoms in total. The second-order valence-electron chi connectivity index (χ2n) is 8.01. The molecule has 2 heterocycles. The molecule has 0 unspecified atom stereocenters. The summed E-state index contributed by atoms with van der Waals surface area (Å²) < 4.78 is 26.9. The number of hydrogen-bond acceptors (Lipinski definition) is 4. The summed E-state index contributed by atoms with van der Waals surface area (Å²) in [6, 6.07) is 20.9. The van der Waals surface area contributed by atoms with Gasteiger partial charge in [0.2, 0.25) is 10.0 Å². The number of sulfonamides is 1. The van der Waals surface area contributed by atoms with Gasteiger partial charge in [0.25, 0.3) is 0 Å². The van der Waals surface area contributed by atoms with Gasteiger partial charge in [0, 0.05) is 28.8 Å². The smallest absolute Gasteiger partial charge is 0.233 e. The van der Waals surface area contributed by atoms with E-state index >= 15 is 0 Å². The lowest BCUT2D eigenvalue weighted by Gasteiger charge is -2.48. The van der Waals surface area contributed by atoms with E-state index in [0.717, 1.165) is 23.2 Å². The molecule has 2 aromatic carbocycles. The number of pyridine rings is 1. The topological polar surface area (TPSA) is 53.5 Å². The van der Waals surface area contributed by atoms with Crippen molar-refractivity contribution in [2.75, 3.05) is 23.7 Å². The van der Waals surface area contributed by atoms with Crippen molar-refractivity contribution in [3.8, 4) is 0 Å². The van der Waals surface area contributed by atoms with Crippen molar-refractivity contribution in [2.24, 2.45) is 0 Å². The Hall–Kier alpha value is -2.12. The van der Waals surface area contributed by atoms with Crippen LogP contribution in [0.15, 0.2) is 66.7 Å². The number of aromatic nitrogens is 1. The fourth-order valence-electron chi connectivity index (χ4n) is 4.17. The molecule has 32 heavy (non-hydrogen) atoms. The number of aryl methyl sites for hydroxylation is 1. The van der Waals surface area contributed by atoms with Crippen molar-refractivity contribution in [1.82, 2.24) is 9.88 Å². The Morgan fingerprint density at radius 2 is 1.50 bits per heavy atom. The number of halogens is 2. The first-order valence-electron chi connectivity index (χ1n) is 10.5. The van der Waals surface area contributed by atoms with Gasteiger partial charge in [0.15, 0.2) is 0 Å². The lowest BCUT2D eigenvalue weighted by molar-refractivity contribution is 0.116. The highest BCUT2D eigenvalue weighted by atomic mass is 35.5. The average Bonchev–Trinajstić information content (AvgIpc) is 2.73. The van der Waals surface area contributed by atoms with Crippen LogP contribution in [0, 0.1) is 0 Å². The second-order valence-corrected chi connectivity index (χ2v) is 10.7. The van der Waals surface area contributed by atoms with Crippen LogP contribution in [0.1, 0.15) is 29.8 Å². The quantitative estimate of drug-likeness (QED) is 0.458. The number of benzene rings is 2. The standard InChI is InChI=1S/C24H25Cl2N3O2S/c1-3-21-5-4-6-23(27-21)29(32(2,30)31)22-15-28(16-22)24(17-7-11-19(25)12-8-17)18-9-13-20(26)14-10-18/h4-14,22,24H,3,15-16H2,1-2H3. The van der Waals surface area contributed by atoms with Gasteiger partial charge in [-0.05, 0) is 53.9 Å². The summed E-state index contributed by atoms with van der Waals surface area (Å²) in [4.78, 5) is 6.83. The number of rotatable bonds is 7. The monoisotopic (exact) mass is 489 g/mol.